The van der Waals surface area contributed by atoms with E-state index in [1.54, 1.807) is 14.0 Å². The van der Waals surface area contributed by atoms with Gasteiger partial charge in [0.25, 0.3) is 0 Å². The summed E-state index contributed by atoms with van der Waals surface area (Å²) in [6.45, 7) is 3.36. The Labute approximate surface area is 378 Å². The summed E-state index contributed by atoms with van der Waals surface area (Å²) in [5.74, 6) is -2.15. The lowest BCUT2D eigenvalue weighted by atomic mass is 9.92. The summed E-state index contributed by atoms with van der Waals surface area (Å²) in [6, 6.07) is -0.432. The van der Waals surface area contributed by atoms with Crippen LogP contribution in [0.4, 0.5) is 0 Å². The van der Waals surface area contributed by atoms with E-state index in [-0.39, 0.29) is 68.8 Å². The average Bonchev–Trinajstić information content (AvgIpc) is 3.29. The molecule has 5 amide bonds. The molecular weight excluding hydrogens is 862 g/mol. The van der Waals surface area contributed by atoms with Gasteiger partial charge in [-0.1, -0.05) is 12.1 Å². The van der Waals surface area contributed by atoms with Crippen molar-refractivity contribution in [1.29, 1.82) is 0 Å². The predicted octanol–water partition coefficient (Wildman–Crippen LogP) is -3.34. The largest absolute Gasteiger partial charge is 0.463 e. The van der Waals surface area contributed by atoms with E-state index < -0.39 is 85.5 Å². The van der Waals surface area contributed by atoms with Crippen LogP contribution in [0.25, 0.3) is 0 Å². The number of hydrogen-bond acceptors (Lipinski definition) is 19. The summed E-state index contributed by atoms with van der Waals surface area (Å²) in [4.78, 5) is 72.5. The van der Waals surface area contributed by atoms with Gasteiger partial charge < -0.3 is 86.7 Å². The Kier molecular flexibility index (Phi) is 28.5. The maximum absolute atomic E-state index is 12.4. The number of carbonyl (C=O) groups is 6. The van der Waals surface area contributed by atoms with Gasteiger partial charge in [0, 0.05) is 77.5 Å². The molecule has 0 aromatic rings. The van der Waals surface area contributed by atoms with Crippen LogP contribution < -0.4 is 31.9 Å². The molecule has 9 unspecified atom stereocenters. The molecule has 2 aliphatic heterocycles. The number of carbonyl (C=O) groups excluding carboxylic acids is 6. The van der Waals surface area contributed by atoms with E-state index in [1.807, 2.05) is 0 Å². The molecule has 0 aromatic heterocycles. The topological polar surface area (TPSA) is 365 Å². The van der Waals surface area contributed by atoms with E-state index in [1.165, 1.54) is 0 Å². The number of esters is 1. The molecule has 2 aliphatic rings. The lowest BCUT2D eigenvalue weighted by molar-refractivity contribution is -0.324. The summed E-state index contributed by atoms with van der Waals surface area (Å²) < 4.78 is 21.8. The van der Waals surface area contributed by atoms with Crippen molar-refractivity contribution in [3.05, 3.63) is 0 Å². The third-order valence-corrected chi connectivity index (χ3v) is 10.8. The van der Waals surface area contributed by atoms with E-state index in [4.69, 9.17) is 24.1 Å². The second-order valence-electron chi connectivity index (χ2n) is 15.8. The standard InChI is InChI=1S/C41H73N7O17/c1-3-25(42-2)38-36(58)37(59)39(40(60)64-38)65-41-33(48-61)35(57)34(56)26(63-41)24-62-32(55)17-16-31(54)46-21-9-5-8-20-44-28(51)13-12-27(50)43-18-6-4-7-19-45-29(52)14-15-30(53)47-22-10-11-23-49/h25-26,34-42,49,56-61H,3-24H2,1-2H3,(H,43,50)(H,44,51)(H,45,52)(H,46,54)(H,47,53)/t25-,26?,34?,35?,36?,37?,38?,39?,40?,41?/m1/s1. The molecular formula is C41H73N7O17. The van der Waals surface area contributed by atoms with Crippen LogP contribution >= 0.6 is 0 Å². The normalized spacial score (nSPS) is 25.3. The van der Waals surface area contributed by atoms with Crippen molar-refractivity contribution in [1.82, 2.24) is 31.9 Å². The van der Waals surface area contributed by atoms with E-state index in [0.717, 1.165) is 12.8 Å². The second kappa shape index (κ2) is 32.5. The number of likely N-dealkylation sites (N-methyl/N-ethyl adjacent to an activating group) is 1. The van der Waals surface area contributed by atoms with Gasteiger partial charge in [-0.3, -0.25) is 28.8 Å². The first-order valence-electron chi connectivity index (χ1n) is 22.5. The molecule has 374 valence electrons. The number of oxime groups is 1. The summed E-state index contributed by atoms with van der Waals surface area (Å²) >= 11 is 0. The Bertz CT molecular complexity index is 1470. The Hall–Kier alpha value is -4.11. The smallest absolute Gasteiger partial charge is 0.306 e. The predicted molar refractivity (Wildman–Crippen MR) is 229 cm³/mol. The van der Waals surface area contributed by atoms with Crippen molar-refractivity contribution < 1.29 is 83.6 Å². The monoisotopic (exact) mass is 936 g/mol. The fourth-order valence-corrected chi connectivity index (χ4v) is 6.86. The fourth-order valence-electron chi connectivity index (χ4n) is 6.86. The Morgan fingerprint density at radius 2 is 1.08 bits per heavy atom. The van der Waals surface area contributed by atoms with Gasteiger partial charge in [0.05, 0.1) is 6.42 Å². The molecule has 0 spiro atoms. The SMILES string of the molecule is CC[C@@H](NC)C1OC(O)C(OC2OC(COC(=O)CCC(=O)NCCCCCNC(=O)CCC(=O)NCCCCCNC(=O)CCC(=O)NCCCCO)C(O)C(O)C2=NO)C(O)C1O. The van der Waals surface area contributed by atoms with Gasteiger partial charge in [-0.05, 0) is 64.8 Å². The molecule has 0 aliphatic carbocycles. The van der Waals surface area contributed by atoms with Gasteiger partial charge in [0.1, 0.15) is 55.0 Å². The molecule has 2 saturated heterocycles. The molecule has 0 aromatic carbocycles. The Morgan fingerprint density at radius 1 is 0.631 bits per heavy atom. The number of amides is 5. The summed E-state index contributed by atoms with van der Waals surface area (Å²) in [5.41, 5.74) is -0.622. The minimum atomic E-state index is -1.88. The number of hydrogen-bond donors (Lipinski definition) is 13. The van der Waals surface area contributed by atoms with Gasteiger partial charge >= 0.3 is 5.97 Å². The molecule has 0 saturated carbocycles. The molecule has 2 fully saturated rings. The van der Waals surface area contributed by atoms with Crippen molar-refractivity contribution in [2.24, 2.45) is 5.16 Å². The van der Waals surface area contributed by atoms with Crippen LogP contribution in [0.1, 0.15) is 103 Å². The van der Waals surface area contributed by atoms with Crippen molar-refractivity contribution in [2.45, 2.75) is 165 Å². The first kappa shape index (κ1) is 57.0. The van der Waals surface area contributed by atoms with Gasteiger partial charge in [0.15, 0.2) is 6.29 Å². The molecule has 2 rings (SSSR count). The van der Waals surface area contributed by atoms with Crippen LogP contribution in [0.5, 0.6) is 0 Å². The molecule has 24 heteroatoms. The number of aliphatic hydroxyl groups is 6. The van der Waals surface area contributed by atoms with Crippen LogP contribution in [-0.2, 0) is 47.7 Å². The van der Waals surface area contributed by atoms with Gasteiger partial charge in [-0.2, -0.15) is 0 Å². The third kappa shape index (κ3) is 21.8. The summed E-state index contributed by atoms with van der Waals surface area (Å²) in [7, 11) is 1.62. The maximum Gasteiger partial charge on any atom is 0.306 e. The summed E-state index contributed by atoms with van der Waals surface area (Å²) in [6.07, 6.45) is -8.90. The van der Waals surface area contributed by atoms with Crippen molar-refractivity contribution in [2.75, 3.05) is 53.0 Å². The molecule has 24 nitrogen and oxygen atoms in total. The van der Waals surface area contributed by atoms with Crippen LogP contribution in [0, 0.1) is 0 Å². The molecule has 65 heavy (non-hydrogen) atoms. The van der Waals surface area contributed by atoms with Crippen LogP contribution in [0.3, 0.4) is 0 Å². The zero-order chi connectivity index (χ0) is 48.1. The number of unbranched alkanes of at least 4 members (excludes halogenated alkanes) is 5. The van der Waals surface area contributed by atoms with Gasteiger partial charge in [-0.25, -0.2) is 0 Å². The lowest BCUT2D eigenvalue weighted by Gasteiger charge is -2.45. The quantitative estimate of drug-likeness (QED) is 0.0136. The fraction of sp³-hybridized carbons (Fsp3) is 0.829. The van der Waals surface area contributed by atoms with Crippen LogP contribution in [0.15, 0.2) is 5.16 Å². The third-order valence-electron chi connectivity index (χ3n) is 10.8. The molecule has 10 atom stereocenters. The molecule has 0 bridgehead atoms. The zero-order valence-electron chi connectivity index (χ0n) is 37.5. The molecule has 2 heterocycles. The Balaban J connectivity index is 1.52. The highest BCUT2D eigenvalue weighted by atomic mass is 16.7. The Morgan fingerprint density at radius 3 is 1.49 bits per heavy atom. The van der Waals surface area contributed by atoms with Crippen LogP contribution in [0.2, 0.25) is 0 Å². The van der Waals surface area contributed by atoms with E-state index in [9.17, 15) is 59.5 Å². The number of nitrogens with one attached hydrogen (secondary N) is 6. The van der Waals surface area contributed by atoms with Crippen molar-refractivity contribution in [3.8, 4) is 0 Å². The maximum atomic E-state index is 12.4. The minimum Gasteiger partial charge on any atom is -0.463 e. The lowest BCUT2D eigenvalue weighted by Crippen LogP contribution is -2.65. The van der Waals surface area contributed by atoms with Crippen molar-refractivity contribution in [3.63, 3.8) is 0 Å². The first-order chi connectivity index (χ1) is 31.2. The van der Waals surface area contributed by atoms with E-state index in [2.05, 4.69) is 37.1 Å². The number of nitrogens with zero attached hydrogens (tertiary/aromatic N) is 1. The highest BCUT2D eigenvalue weighted by Gasteiger charge is 2.51. The number of aliphatic hydroxyl groups excluding tert-OH is 6. The van der Waals surface area contributed by atoms with E-state index >= 15 is 0 Å². The second-order valence-corrected chi connectivity index (χ2v) is 15.8. The summed E-state index contributed by atoms with van der Waals surface area (Å²) in [5, 5.41) is 90.9. The highest BCUT2D eigenvalue weighted by molar-refractivity contribution is 5.92. The van der Waals surface area contributed by atoms with Gasteiger partial charge in [-0.15, -0.1) is 0 Å². The van der Waals surface area contributed by atoms with Crippen LogP contribution in [-0.4, -0.2) is 191 Å². The molecule has 13 N–H and O–H groups in total. The first-order valence-corrected chi connectivity index (χ1v) is 22.5. The molecule has 0 radical (unpaired) electrons. The zero-order valence-corrected chi connectivity index (χ0v) is 37.5. The van der Waals surface area contributed by atoms with Crippen molar-refractivity contribution >= 4 is 41.2 Å². The van der Waals surface area contributed by atoms with Gasteiger partial charge in [0.2, 0.25) is 35.8 Å². The minimum absolute atomic E-state index is 0.0389. The highest BCUT2D eigenvalue weighted by Crippen LogP contribution is 2.29. The average molecular weight is 936 g/mol. The number of ether oxygens (including phenoxy) is 4. The van der Waals surface area contributed by atoms with E-state index in [0.29, 0.717) is 77.7 Å². The number of rotatable bonds is 32.